The van der Waals surface area contributed by atoms with Crippen molar-refractivity contribution in [2.45, 2.75) is 26.4 Å². The number of hydrogen-bond donors (Lipinski definition) is 0. The molecular formula is C6H13ClO. The van der Waals surface area contributed by atoms with Crippen LogP contribution >= 0.6 is 11.6 Å². The Balaban J connectivity index is 0.000000122. The summed E-state index contributed by atoms with van der Waals surface area (Å²) in [4.78, 5) is 0. The first-order valence-electron chi connectivity index (χ1n) is 2.98. The molecule has 0 aromatic heterocycles. The lowest BCUT2D eigenvalue weighted by atomic mass is 10.6. The van der Waals surface area contributed by atoms with Gasteiger partial charge in [0.25, 0.3) is 0 Å². The van der Waals surface area contributed by atoms with Gasteiger partial charge >= 0.3 is 0 Å². The Morgan fingerprint density at radius 3 is 2.00 bits per heavy atom. The Hall–Kier alpha value is 0.250. The minimum Gasteiger partial charge on any atom is -0.373 e. The minimum absolute atomic E-state index is 0.583. The highest BCUT2D eigenvalue weighted by Gasteiger charge is 2.13. The molecule has 50 valence electrons. The number of rotatable bonds is 1. The zero-order valence-electron chi connectivity index (χ0n) is 5.48. The molecule has 0 amide bonds. The molecule has 1 fully saturated rings. The Morgan fingerprint density at radius 1 is 1.75 bits per heavy atom. The molecule has 1 aliphatic heterocycles. The van der Waals surface area contributed by atoms with Crippen LogP contribution in [0.25, 0.3) is 0 Å². The van der Waals surface area contributed by atoms with Crippen LogP contribution in [0, 0.1) is 0 Å². The van der Waals surface area contributed by atoms with Crippen molar-refractivity contribution in [3.05, 3.63) is 0 Å². The molecule has 0 saturated carbocycles. The predicted octanol–water partition coefficient (Wildman–Crippen LogP) is 2.04. The van der Waals surface area contributed by atoms with E-state index < -0.39 is 0 Å². The van der Waals surface area contributed by atoms with Crippen LogP contribution in [0.1, 0.15) is 20.3 Å². The molecule has 1 nitrogen and oxygen atoms in total. The zero-order chi connectivity index (χ0) is 6.41. The van der Waals surface area contributed by atoms with Gasteiger partial charge in [-0.1, -0.05) is 6.92 Å². The van der Waals surface area contributed by atoms with E-state index in [9.17, 15) is 0 Å². The van der Waals surface area contributed by atoms with Gasteiger partial charge < -0.3 is 4.74 Å². The average Bonchev–Trinajstić information content (AvgIpc) is 2.52. The van der Waals surface area contributed by atoms with Gasteiger partial charge in [-0.3, -0.25) is 0 Å². The number of alkyl halides is 1. The van der Waals surface area contributed by atoms with Crippen molar-refractivity contribution < 1.29 is 4.74 Å². The average molecular weight is 137 g/mol. The third-order valence-corrected chi connectivity index (χ3v) is 1.07. The largest absolute Gasteiger partial charge is 0.373 e. The van der Waals surface area contributed by atoms with Crippen molar-refractivity contribution in [2.75, 3.05) is 12.5 Å². The highest BCUT2D eigenvalue weighted by atomic mass is 35.5. The van der Waals surface area contributed by atoms with Crippen LogP contribution < -0.4 is 0 Å². The lowest BCUT2D eigenvalue weighted by Gasteiger charge is -1.65. The van der Waals surface area contributed by atoms with Crippen LogP contribution in [0.2, 0.25) is 0 Å². The van der Waals surface area contributed by atoms with E-state index >= 15 is 0 Å². The minimum atomic E-state index is 0.583. The van der Waals surface area contributed by atoms with Gasteiger partial charge in [-0.05, 0) is 13.3 Å². The molecule has 0 aliphatic carbocycles. The molecule has 0 aromatic rings. The van der Waals surface area contributed by atoms with Crippen LogP contribution in [0.3, 0.4) is 0 Å². The van der Waals surface area contributed by atoms with E-state index in [4.69, 9.17) is 16.3 Å². The highest BCUT2D eigenvalue weighted by Crippen LogP contribution is 2.04. The molecule has 8 heavy (non-hydrogen) atoms. The standard InChI is InChI=1S/C3H7Cl.C3H6O/c1-2-3-4;1-3-2-4-3/h2-3H2,1H3;3H,2H2,1H3. The monoisotopic (exact) mass is 136 g/mol. The summed E-state index contributed by atoms with van der Waals surface area (Å²) in [5, 5.41) is 0. The third kappa shape index (κ3) is 9.54. The van der Waals surface area contributed by atoms with Gasteiger partial charge in [0.2, 0.25) is 0 Å². The third-order valence-electron chi connectivity index (χ3n) is 0.689. The molecule has 1 rings (SSSR count). The molecule has 1 atom stereocenters. The van der Waals surface area contributed by atoms with Crippen molar-refractivity contribution in [3.8, 4) is 0 Å². The summed E-state index contributed by atoms with van der Waals surface area (Å²) in [6.45, 7) is 5.09. The Bertz CT molecular complexity index is 41.8. The maximum absolute atomic E-state index is 5.19. The van der Waals surface area contributed by atoms with Gasteiger partial charge in [0.15, 0.2) is 0 Å². The summed E-state index contributed by atoms with van der Waals surface area (Å²) in [7, 11) is 0. The fourth-order valence-electron chi connectivity index (χ4n) is 0.0962. The molecule has 0 aromatic carbocycles. The van der Waals surface area contributed by atoms with Gasteiger partial charge in [-0.15, -0.1) is 11.6 Å². The number of epoxide rings is 1. The first-order chi connectivity index (χ1) is 3.81. The maximum atomic E-state index is 5.19. The smallest absolute Gasteiger partial charge is 0.0781 e. The lowest BCUT2D eigenvalue weighted by Crippen LogP contribution is -1.60. The van der Waals surface area contributed by atoms with Crippen molar-refractivity contribution >= 4 is 11.6 Å². The van der Waals surface area contributed by atoms with E-state index in [-0.39, 0.29) is 0 Å². The lowest BCUT2D eigenvalue weighted by molar-refractivity contribution is 0.423. The number of halogens is 1. The van der Waals surface area contributed by atoms with Crippen LogP contribution in [-0.2, 0) is 4.74 Å². The normalized spacial score (nSPS) is 23.6. The van der Waals surface area contributed by atoms with Gasteiger partial charge in [0.1, 0.15) is 0 Å². The van der Waals surface area contributed by atoms with Gasteiger partial charge in [0, 0.05) is 5.88 Å². The van der Waals surface area contributed by atoms with Crippen molar-refractivity contribution in [2.24, 2.45) is 0 Å². The molecule has 1 aliphatic rings. The van der Waals surface area contributed by atoms with Crippen molar-refractivity contribution in [1.29, 1.82) is 0 Å². The molecule has 1 unspecified atom stereocenters. The summed E-state index contributed by atoms with van der Waals surface area (Å²) in [6, 6.07) is 0. The highest BCUT2D eigenvalue weighted by molar-refractivity contribution is 6.17. The second-order valence-electron chi connectivity index (χ2n) is 1.83. The van der Waals surface area contributed by atoms with Crippen LogP contribution in [0.5, 0.6) is 0 Å². The van der Waals surface area contributed by atoms with Crippen molar-refractivity contribution in [3.63, 3.8) is 0 Å². The Labute approximate surface area is 56.0 Å². The van der Waals surface area contributed by atoms with E-state index in [0.29, 0.717) is 6.10 Å². The second-order valence-corrected chi connectivity index (χ2v) is 2.21. The summed E-state index contributed by atoms with van der Waals surface area (Å²) in [5.74, 6) is 0.792. The quantitative estimate of drug-likeness (QED) is 0.397. The summed E-state index contributed by atoms with van der Waals surface area (Å²) < 4.78 is 4.71. The molecule has 0 radical (unpaired) electrons. The van der Waals surface area contributed by atoms with E-state index in [1.54, 1.807) is 0 Å². The van der Waals surface area contributed by atoms with E-state index in [1.807, 2.05) is 6.92 Å². The Kier molecular flexibility index (Phi) is 5.56. The maximum Gasteiger partial charge on any atom is 0.0781 e. The molecule has 2 heteroatoms. The predicted molar refractivity (Wildman–Crippen MR) is 36.4 cm³/mol. The molecule has 1 saturated heterocycles. The van der Waals surface area contributed by atoms with Gasteiger partial charge in [-0.2, -0.15) is 0 Å². The van der Waals surface area contributed by atoms with E-state index in [1.165, 1.54) is 0 Å². The summed E-state index contributed by atoms with van der Waals surface area (Å²) in [5.41, 5.74) is 0. The van der Waals surface area contributed by atoms with Crippen LogP contribution in [0.15, 0.2) is 0 Å². The fourth-order valence-corrected chi connectivity index (χ4v) is 0.0962. The van der Waals surface area contributed by atoms with E-state index in [0.717, 1.165) is 18.9 Å². The molecule has 0 spiro atoms. The van der Waals surface area contributed by atoms with Crippen molar-refractivity contribution in [1.82, 2.24) is 0 Å². The van der Waals surface area contributed by atoms with Crippen LogP contribution in [0.4, 0.5) is 0 Å². The first kappa shape index (κ1) is 8.25. The topological polar surface area (TPSA) is 12.5 Å². The van der Waals surface area contributed by atoms with Crippen LogP contribution in [-0.4, -0.2) is 18.6 Å². The summed E-state index contributed by atoms with van der Waals surface area (Å²) in [6.07, 6.45) is 1.67. The summed E-state index contributed by atoms with van der Waals surface area (Å²) >= 11 is 5.19. The fraction of sp³-hybridized carbons (Fsp3) is 1.00. The molecule has 0 N–H and O–H groups in total. The first-order valence-corrected chi connectivity index (χ1v) is 3.52. The van der Waals surface area contributed by atoms with Gasteiger partial charge in [-0.25, -0.2) is 0 Å². The number of hydrogen-bond acceptors (Lipinski definition) is 1. The number of ether oxygens (including phenoxy) is 1. The second kappa shape index (κ2) is 5.39. The van der Waals surface area contributed by atoms with E-state index in [2.05, 4.69) is 6.92 Å². The Morgan fingerprint density at radius 2 is 2.00 bits per heavy atom. The zero-order valence-corrected chi connectivity index (χ0v) is 6.24. The molecular weight excluding hydrogens is 124 g/mol. The molecule has 1 heterocycles. The molecule has 0 bridgehead atoms. The van der Waals surface area contributed by atoms with Gasteiger partial charge in [0.05, 0.1) is 12.7 Å². The SMILES string of the molecule is CC1CO1.CCCCl.